The lowest BCUT2D eigenvalue weighted by Crippen LogP contribution is -2.06. The summed E-state index contributed by atoms with van der Waals surface area (Å²) >= 11 is 1.65. The summed E-state index contributed by atoms with van der Waals surface area (Å²) < 4.78 is 0. The molecule has 1 heterocycles. The number of anilines is 1. The minimum Gasteiger partial charge on any atom is -0.375 e. The van der Waals surface area contributed by atoms with Crippen LogP contribution in [0.3, 0.4) is 0 Å². The lowest BCUT2D eigenvalue weighted by molar-refractivity contribution is 0.680. The third kappa shape index (κ3) is 2.52. The molecule has 0 atom stereocenters. The first-order chi connectivity index (χ1) is 9.28. The quantitative estimate of drug-likeness (QED) is 0.924. The van der Waals surface area contributed by atoms with Gasteiger partial charge >= 0.3 is 0 Å². The van der Waals surface area contributed by atoms with E-state index in [4.69, 9.17) is 5.73 Å². The highest BCUT2D eigenvalue weighted by molar-refractivity contribution is 7.15. The van der Waals surface area contributed by atoms with Crippen molar-refractivity contribution in [2.75, 3.05) is 5.73 Å². The van der Waals surface area contributed by atoms with Crippen LogP contribution in [0.1, 0.15) is 47.0 Å². The van der Waals surface area contributed by atoms with Crippen LogP contribution in [0, 0.1) is 0 Å². The molecule has 0 saturated carbocycles. The lowest BCUT2D eigenvalue weighted by atomic mass is 9.87. The molecule has 3 heteroatoms. The number of benzene rings is 1. The van der Waals surface area contributed by atoms with E-state index in [0.717, 1.165) is 12.8 Å². The highest BCUT2D eigenvalue weighted by atomic mass is 32.1. The van der Waals surface area contributed by atoms with Gasteiger partial charge in [-0.05, 0) is 48.8 Å². The maximum atomic E-state index is 5.85. The molecule has 1 aromatic carbocycles. The molecule has 2 aromatic rings. The Labute approximate surface area is 118 Å². The van der Waals surface area contributed by atoms with E-state index in [9.17, 15) is 0 Å². The minimum atomic E-state index is 0.705. The predicted molar refractivity (Wildman–Crippen MR) is 81.8 cm³/mol. The Hall–Kier alpha value is -1.35. The number of hydrogen-bond donors (Lipinski definition) is 1. The molecule has 0 bridgehead atoms. The van der Waals surface area contributed by atoms with Crippen LogP contribution in [0.15, 0.2) is 18.2 Å². The molecular formula is C16H20N2S. The van der Waals surface area contributed by atoms with Gasteiger partial charge < -0.3 is 5.73 Å². The third-order valence-electron chi connectivity index (χ3n) is 3.97. The van der Waals surface area contributed by atoms with Crippen molar-refractivity contribution in [3.63, 3.8) is 0 Å². The predicted octanol–water partition coefficient (Wildman–Crippen LogP) is 3.76. The molecule has 0 fully saturated rings. The Morgan fingerprint density at radius 1 is 1.26 bits per heavy atom. The summed E-state index contributed by atoms with van der Waals surface area (Å²) in [4.78, 5) is 5.78. The van der Waals surface area contributed by atoms with Crippen LogP contribution in [0.5, 0.6) is 0 Å². The van der Waals surface area contributed by atoms with Crippen molar-refractivity contribution in [2.24, 2.45) is 0 Å². The number of aromatic nitrogens is 1. The van der Waals surface area contributed by atoms with Crippen molar-refractivity contribution in [1.29, 1.82) is 0 Å². The van der Waals surface area contributed by atoms with Crippen LogP contribution in [0.2, 0.25) is 0 Å². The van der Waals surface area contributed by atoms with Gasteiger partial charge in [0.05, 0.1) is 5.69 Å². The molecule has 3 rings (SSSR count). The summed E-state index contributed by atoms with van der Waals surface area (Å²) in [6.45, 7) is 2.15. The number of fused-ring (bicyclic) bond motifs is 1. The van der Waals surface area contributed by atoms with E-state index in [-0.39, 0.29) is 0 Å². The standard InChI is InChI=1S/C16H20N2S/c1-2-14-15(19-16(17)18-14)10-12-8-5-7-11-6-3-4-9-13(11)12/h5,7-8H,2-4,6,9-10H2,1H3,(H2,17,18). The van der Waals surface area contributed by atoms with Crippen LogP contribution in [-0.2, 0) is 25.7 Å². The molecule has 0 amide bonds. The van der Waals surface area contributed by atoms with E-state index in [2.05, 4.69) is 30.1 Å². The first-order valence-electron chi connectivity index (χ1n) is 7.11. The first kappa shape index (κ1) is 12.7. The molecule has 100 valence electrons. The zero-order valence-corrected chi connectivity index (χ0v) is 12.2. The van der Waals surface area contributed by atoms with E-state index >= 15 is 0 Å². The van der Waals surface area contributed by atoms with Crippen LogP contribution in [0.4, 0.5) is 5.13 Å². The molecule has 1 aliphatic carbocycles. The molecule has 1 aromatic heterocycles. The number of rotatable bonds is 3. The van der Waals surface area contributed by atoms with Gasteiger partial charge in [0.15, 0.2) is 5.13 Å². The highest BCUT2D eigenvalue weighted by Gasteiger charge is 2.15. The summed E-state index contributed by atoms with van der Waals surface area (Å²) in [5.41, 5.74) is 11.7. The highest BCUT2D eigenvalue weighted by Crippen LogP contribution is 2.29. The first-order valence-corrected chi connectivity index (χ1v) is 7.93. The monoisotopic (exact) mass is 272 g/mol. The van der Waals surface area contributed by atoms with Gasteiger partial charge in [-0.3, -0.25) is 0 Å². The summed E-state index contributed by atoms with van der Waals surface area (Å²) in [5, 5.41) is 0.705. The molecular weight excluding hydrogens is 252 g/mol. The zero-order chi connectivity index (χ0) is 13.2. The normalized spacial score (nSPS) is 14.4. The molecule has 0 radical (unpaired) electrons. The van der Waals surface area contributed by atoms with Gasteiger partial charge in [0.25, 0.3) is 0 Å². The van der Waals surface area contributed by atoms with Crippen LogP contribution in [-0.4, -0.2) is 4.98 Å². The van der Waals surface area contributed by atoms with Gasteiger partial charge in [0.1, 0.15) is 0 Å². The Bertz CT molecular complexity index is 586. The molecule has 2 nitrogen and oxygen atoms in total. The molecule has 19 heavy (non-hydrogen) atoms. The number of nitrogen functional groups attached to an aromatic ring is 1. The molecule has 1 aliphatic rings. The lowest BCUT2D eigenvalue weighted by Gasteiger charge is -2.19. The summed E-state index contributed by atoms with van der Waals surface area (Å²) in [6.07, 6.45) is 7.12. The number of nitrogens with two attached hydrogens (primary N) is 1. The Kier molecular flexibility index (Phi) is 3.56. The van der Waals surface area contributed by atoms with Crippen molar-refractivity contribution in [2.45, 2.75) is 45.4 Å². The van der Waals surface area contributed by atoms with Crippen molar-refractivity contribution < 1.29 is 0 Å². The summed E-state index contributed by atoms with van der Waals surface area (Å²) in [5.74, 6) is 0. The van der Waals surface area contributed by atoms with Gasteiger partial charge in [0.2, 0.25) is 0 Å². The van der Waals surface area contributed by atoms with Gasteiger partial charge in [-0.1, -0.05) is 25.1 Å². The average molecular weight is 272 g/mol. The second-order valence-corrected chi connectivity index (χ2v) is 6.33. The summed E-state index contributed by atoms with van der Waals surface area (Å²) in [7, 11) is 0. The molecule has 0 aliphatic heterocycles. The number of thiazole rings is 1. The smallest absolute Gasteiger partial charge is 0.180 e. The average Bonchev–Trinajstić information content (AvgIpc) is 2.79. The fourth-order valence-electron chi connectivity index (χ4n) is 3.02. The van der Waals surface area contributed by atoms with Crippen molar-refractivity contribution >= 4 is 16.5 Å². The fourth-order valence-corrected chi connectivity index (χ4v) is 3.96. The number of aryl methyl sites for hydroxylation is 2. The largest absolute Gasteiger partial charge is 0.375 e. The number of nitrogens with zero attached hydrogens (tertiary/aromatic N) is 1. The molecule has 0 saturated heterocycles. The maximum Gasteiger partial charge on any atom is 0.180 e. The van der Waals surface area contributed by atoms with Crippen LogP contribution < -0.4 is 5.73 Å². The van der Waals surface area contributed by atoms with Crippen molar-refractivity contribution in [3.8, 4) is 0 Å². The number of hydrogen-bond acceptors (Lipinski definition) is 3. The Morgan fingerprint density at radius 3 is 2.95 bits per heavy atom. The molecule has 0 spiro atoms. The van der Waals surface area contributed by atoms with Gasteiger partial charge in [-0.2, -0.15) is 0 Å². The maximum absolute atomic E-state index is 5.85. The van der Waals surface area contributed by atoms with Gasteiger partial charge in [0, 0.05) is 11.3 Å². The third-order valence-corrected chi connectivity index (χ3v) is 4.90. The summed E-state index contributed by atoms with van der Waals surface area (Å²) in [6, 6.07) is 6.77. The second-order valence-electron chi connectivity index (χ2n) is 5.21. The van der Waals surface area contributed by atoms with E-state index in [0.29, 0.717) is 5.13 Å². The van der Waals surface area contributed by atoms with Crippen molar-refractivity contribution in [3.05, 3.63) is 45.5 Å². The second kappa shape index (κ2) is 5.33. The van der Waals surface area contributed by atoms with Crippen molar-refractivity contribution in [1.82, 2.24) is 4.98 Å². The minimum absolute atomic E-state index is 0.705. The van der Waals surface area contributed by atoms with Gasteiger partial charge in [-0.25, -0.2) is 4.98 Å². The Balaban J connectivity index is 1.94. The van der Waals surface area contributed by atoms with E-state index in [1.54, 1.807) is 22.5 Å². The van der Waals surface area contributed by atoms with Gasteiger partial charge in [-0.15, -0.1) is 11.3 Å². The fraction of sp³-hybridized carbons (Fsp3) is 0.438. The Morgan fingerprint density at radius 2 is 2.11 bits per heavy atom. The SMILES string of the molecule is CCc1nc(N)sc1Cc1cccc2c1CCCC2. The van der Waals surface area contributed by atoms with Crippen LogP contribution >= 0.6 is 11.3 Å². The zero-order valence-electron chi connectivity index (χ0n) is 11.4. The topological polar surface area (TPSA) is 38.9 Å². The van der Waals surface area contributed by atoms with E-state index in [1.165, 1.54) is 41.8 Å². The molecule has 2 N–H and O–H groups in total. The van der Waals surface area contributed by atoms with E-state index < -0.39 is 0 Å². The molecule has 0 unspecified atom stereocenters. The van der Waals surface area contributed by atoms with E-state index in [1.807, 2.05) is 0 Å². The van der Waals surface area contributed by atoms with Crippen LogP contribution in [0.25, 0.3) is 0 Å².